The SMILES string of the molecule is COc1cccc([C@@H]2C(C(=O)Nc3ccccc3)=C(C)N=c3s/c(=C/c4ccc(Sc5nc(C)cc(=O)[nH]5)c([N+](=O)[O-])c4)c(=O)n32)c1. The number of nitro benzene ring substituents is 1. The first kappa shape index (κ1) is 31.4. The van der Waals surface area contributed by atoms with Crippen LogP contribution in [0.5, 0.6) is 5.75 Å². The number of amides is 1. The van der Waals surface area contributed by atoms with Gasteiger partial charge in [0.15, 0.2) is 9.96 Å². The lowest BCUT2D eigenvalue weighted by atomic mass is 9.95. The second-order valence-electron chi connectivity index (χ2n) is 10.5. The van der Waals surface area contributed by atoms with Crippen LogP contribution in [-0.2, 0) is 4.79 Å². The zero-order valence-corrected chi connectivity index (χ0v) is 26.8. The number of anilines is 1. The average Bonchev–Trinajstić information content (AvgIpc) is 3.34. The summed E-state index contributed by atoms with van der Waals surface area (Å²) in [6, 6.07) is 21.2. The molecular weight excluding hydrogens is 641 g/mol. The molecule has 5 aromatic rings. The summed E-state index contributed by atoms with van der Waals surface area (Å²) in [5, 5.41) is 15.2. The van der Waals surface area contributed by atoms with Crippen LogP contribution in [0.4, 0.5) is 11.4 Å². The van der Waals surface area contributed by atoms with E-state index in [4.69, 9.17) is 4.74 Å². The molecule has 1 aliphatic rings. The maximum absolute atomic E-state index is 14.1. The van der Waals surface area contributed by atoms with Crippen LogP contribution >= 0.6 is 23.1 Å². The number of para-hydroxylation sites is 1. The highest BCUT2D eigenvalue weighted by Crippen LogP contribution is 2.34. The van der Waals surface area contributed by atoms with Gasteiger partial charge in [0.05, 0.1) is 38.8 Å². The number of ether oxygens (including phenoxy) is 1. The number of carbonyl (C=O) groups is 1. The molecule has 0 unspecified atom stereocenters. The molecule has 12 nitrogen and oxygen atoms in total. The number of nitrogens with one attached hydrogen (secondary N) is 2. The molecule has 1 amide bonds. The fraction of sp³-hybridized carbons (Fsp3) is 0.121. The van der Waals surface area contributed by atoms with Gasteiger partial charge in [-0.2, -0.15) is 0 Å². The first-order valence-electron chi connectivity index (χ1n) is 14.2. The summed E-state index contributed by atoms with van der Waals surface area (Å²) >= 11 is 2.08. The first-order chi connectivity index (χ1) is 22.6. The summed E-state index contributed by atoms with van der Waals surface area (Å²) in [6.45, 7) is 3.38. The molecule has 1 aliphatic heterocycles. The minimum absolute atomic E-state index is 0.217. The standard InChI is InChI=1S/C33H26N6O6S2/c1-18-14-27(40)37-32(34-18)46-25-13-12-20(15-24(25)39(43)44)16-26-31(42)38-29(21-8-7-11-23(17-21)45-3)28(19(2)35-33(38)47-26)30(41)36-22-9-5-4-6-10-22/h4-17,29H,1-3H3,(H,36,41)(H,34,37,40)/b26-16+/t29-/m1/s1. The highest BCUT2D eigenvalue weighted by molar-refractivity contribution is 7.99. The van der Waals surface area contributed by atoms with Gasteiger partial charge in [0.1, 0.15) is 5.75 Å². The van der Waals surface area contributed by atoms with Crippen LogP contribution in [-0.4, -0.2) is 32.5 Å². The number of aromatic amines is 1. The predicted octanol–water partition coefficient (Wildman–Crippen LogP) is 4.33. The van der Waals surface area contributed by atoms with Gasteiger partial charge in [0, 0.05) is 23.5 Å². The summed E-state index contributed by atoms with van der Waals surface area (Å²) < 4.78 is 7.19. The normalized spacial score (nSPS) is 14.4. The number of rotatable bonds is 8. The quantitative estimate of drug-likeness (QED) is 0.141. The Balaban J connectivity index is 1.45. The van der Waals surface area contributed by atoms with Gasteiger partial charge in [0.25, 0.3) is 22.7 Å². The number of aromatic nitrogens is 3. The number of methoxy groups -OCH3 is 1. The predicted molar refractivity (Wildman–Crippen MR) is 179 cm³/mol. The minimum atomic E-state index is -0.829. The minimum Gasteiger partial charge on any atom is -0.497 e. The first-order valence-corrected chi connectivity index (χ1v) is 15.8. The van der Waals surface area contributed by atoms with E-state index in [-0.39, 0.29) is 25.8 Å². The van der Waals surface area contributed by atoms with Crippen molar-refractivity contribution in [3.8, 4) is 5.75 Å². The van der Waals surface area contributed by atoms with E-state index in [1.54, 1.807) is 74.5 Å². The van der Waals surface area contributed by atoms with E-state index in [1.807, 2.05) is 12.1 Å². The molecule has 2 aromatic heterocycles. The second-order valence-corrected chi connectivity index (χ2v) is 12.5. The van der Waals surface area contributed by atoms with Crippen molar-refractivity contribution < 1.29 is 14.5 Å². The molecule has 236 valence electrons. The van der Waals surface area contributed by atoms with Crippen LogP contribution in [0.3, 0.4) is 0 Å². The number of thiazole rings is 1. The lowest BCUT2D eigenvalue weighted by Gasteiger charge is -2.25. The van der Waals surface area contributed by atoms with E-state index in [2.05, 4.69) is 20.3 Å². The molecule has 2 N–H and O–H groups in total. The molecule has 3 heterocycles. The highest BCUT2D eigenvalue weighted by Gasteiger charge is 2.33. The number of fused-ring (bicyclic) bond motifs is 1. The van der Waals surface area contributed by atoms with Crippen LogP contribution in [0.15, 0.2) is 115 Å². The zero-order valence-electron chi connectivity index (χ0n) is 25.2. The summed E-state index contributed by atoms with van der Waals surface area (Å²) in [6.07, 6.45) is 1.56. The van der Waals surface area contributed by atoms with Crippen molar-refractivity contribution in [3.63, 3.8) is 0 Å². The third-order valence-corrected chi connectivity index (χ3v) is 9.17. The van der Waals surface area contributed by atoms with Gasteiger partial charge >= 0.3 is 0 Å². The van der Waals surface area contributed by atoms with Crippen molar-refractivity contribution in [3.05, 3.63) is 147 Å². The maximum Gasteiger partial charge on any atom is 0.283 e. The number of hydrogen-bond donors (Lipinski definition) is 2. The van der Waals surface area contributed by atoms with Crippen molar-refractivity contribution >= 4 is 46.5 Å². The molecule has 0 radical (unpaired) electrons. The zero-order chi connectivity index (χ0) is 33.2. The van der Waals surface area contributed by atoms with E-state index < -0.39 is 22.4 Å². The molecule has 0 spiro atoms. The number of nitrogens with zero attached hydrogens (tertiary/aromatic N) is 4. The number of carbonyl (C=O) groups excluding carboxylic acids is 1. The average molecular weight is 667 g/mol. The number of H-pyrrole nitrogens is 1. The number of hydrogen-bond acceptors (Lipinski definition) is 10. The van der Waals surface area contributed by atoms with E-state index in [1.165, 1.54) is 23.8 Å². The Morgan fingerprint density at radius 1 is 1.09 bits per heavy atom. The van der Waals surface area contributed by atoms with Crippen LogP contribution in [0.2, 0.25) is 0 Å². The van der Waals surface area contributed by atoms with Crippen molar-refractivity contribution in [2.75, 3.05) is 12.4 Å². The Bertz CT molecular complexity index is 2330. The largest absolute Gasteiger partial charge is 0.497 e. The van der Waals surface area contributed by atoms with Crippen molar-refractivity contribution in [1.29, 1.82) is 0 Å². The lowest BCUT2D eigenvalue weighted by Crippen LogP contribution is -2.40. The van der Waals surface area contributed by atoms with Crippen molar-refractivity contribution in [2.45, 2.75) is 29.9 Å². The fourth-order valence-electron chi connectivity index (χ4n) is 5.17. The van der Waals surface area contributed by atoms with Gasteiger partial charge in [0.2, 0.25) is 0 Å². The molecule has 0 saturated carbocycles. The molecule has 0 saturated heterocycles. The molecular formula is C33H26N6O6S2. The van der Waals surface area contributed by atoms with Crippen molar-refractivity contribution in [2.24, 2.45) is 4.99 Å². The third-order valence-electron chi connectivity index (χ3n) is 7.24. The molecule has 47 heavy (non-hydrogen) atoms. The topological polar surface area (TPSA) is 162 Å². The Hall–Kier alpha value is -5.60. The Labute approximate surface area is 275 Å². The molecule has 0 bridgehead atoms. The van der Waals surface area contributed by atoms with Gasteiger partial charge in [-0.25, -0.2) is 9.98 Å². The van der Waals surface area contributed by atoms with Crippen LogP contribution in [0.1, 0.15) is 29.8 Å². The Morgan fingerprint density at radius 3 is 2.60 bits per heavy atom. The highest BCUT2D eigenvalue weighted by atomic mass is 32.2. The Morgan fingerprint density at radius 2 is 1.87 bits per heavy atom. The summed E-state index contributed by atoms with van der Waals surface area (Å²) in [5.41, 5.74) is 1.86. The van der Waals surface area contributed by atoms with Crippen molar-refractivity contribution in [1.82, 2.24) is 14.5 Å². The number of allylic oxidation sites excluding steroid dienone is 1. The van der Waals surface area contributed by atoms with Gasteiger partial charge in [-0.05, 0) is 73.1 Å². The molecule has 0 aliphatic carbocycles. The van der Waals surface area contributed by atoms with Gasteiger partial charge in [-0.1, -0.05) is 47.7 Å². The monoisotopic (exact) mass is 666 g/mol. The summed E-state index contributed by atoms with van der Waals surface area (Å²) in [7, 11) is 1.54. The van der Waals surface area contributed by atoms with Gasteiger partial charge < -0.3 is 15.0 Å². The number of benzene rings is 3. The number of aryl methyl sites for hydroxylation is 1. The van der Waals surface area contributed by atoms with Gasteiger partial charge in [-0.3, -0.25) is 29.1 Å². The summed E-state index contributed by atoms with van der Waals surface area (Å²) in [5.74, 6) is 0.144. The van der Waals surface area contributed by atoms with E-state index >= 15 is 0 Å². The molecule has 1 atom stereocenters. The molecule has 3 aromatic carbocycles. The van der Waals surface area contributed by atoms with Crippen LogP contribution in [0, 0.1) is 17.0 Å². The van der Waals surface area contributed by atoms with Crippen LogP contribution < -0.4 is 30.5 Å². The molecule has 0 fully saturated rings. The number of nitro groups is 1. The summed E-state index contributed by atoms with van der Waals surface area (Å²) in [4.78, 5) is 63.4. The van der Waals surface area contributed by atoms with Crippen LogP contribution in [0.25, 0.3) is 6.08 Å². The van der Waals surface area contributed by atoms with E-state index in [0.717, 1.165) is 23.1 Å². The fourth-order valence-corrected chi connectivity index (χ4v) is 7.14. The molecule has 14 heteroatoms. The van der Waals surface area contributed by atoms with Gasteiger partial charge in [-0.15, -0.1) is 0 Å². The molecule has 6 rings (SSSR count). The third kappa shape index (κ3) is 6.55. The Kier molecular flexibility index (Phi) is 8.70. The second kappa shape index (κ2) is 13.0. The lowest BCUT2D eigenvalue weighted by molar-refractivity contribution is -0.387. The maximum atomic E-state index is 14.1. The van der Waals surface area contributed by atoms with E-state index in [9.17, 15) is 24.5 Å². The smallest absolute Gasteiger partial charge is 0.283 e. The van der Waals surface area contributed by atoms with E-state index in [0.29, 0.717) is 44.3 Å².